The molecule has 0 aliphatic rings. The molecule has 2 rings (SSSR count). The normalized spacial score (nSPS) is 10.3. The molecular formula is C20H21FO4. The van der Waals surface area contributed by atoms with Gasteiger partial charge < -0.3 is 9.47 Å². The van der Waals surface area contributed by atoms with E-state index in [0.717, 1.165) is 19.3 Å². The zero-order valence-corrected chi connectivity index (χ0v) is 14.2. The summed E-state index contributed by atoms with van der Waals surface area (Å²) in [6, 6.07) is 12.1. The van der Waals surface area contributed by atoms with Crippen molar-refractivity contribution in [2.75, 3.05) is 6.61 Å². The number of ether oxygens (including phenoxy) is 2. The fourth-order valence-corrected chi connectivity index (χ4v) is 2.29. The molecule has 0 aliphatic heterocycles. The summed E-state index contributed by atoms with van der Waals surface area (Å²) in [5.41, 5.74) is 0.843. The first-order chi connectivity index (χ1) is 12.1. The molecule has 0 heterocycles. The molecule has 0 atom stereocenters. The highest BCUT2D eigenvalue weighted by Gasteiger charge is 2.19. The average Bonchev–Trinajstić information content (AvgIpc) is 2.63. The van der Waals surface area contributed by atoms with Crippen molar-refractivity contribution in [2.24, 2.45) is 0 Å². The number of carbonyl (C=O) groups is 2. The van der Waals surface area contributed by atoms with E-state index in [1.165, 1.54) is 24.3 Å². The first-order valence-corrected chi connectivity index (χ1v) is 8.29. The van der Waals surface area contributed by atoms with Crippen LogP contribution in [0.25, 0.3) is 0 Å². The third-order valence-corrected chi connectivity index (χ3v) is 3.61. The highest BCUT2D eigenvalue weighted by atomic mass is 19.1. The number of hydrogen-bond acceptors (Lipinski definition) is 4. The van der Waals surface area contributed by atoms with E-state index in [4.69, 9.17) is 9.47 Å². The van der Waals surface area contributed by atoms with Gasteiger partial charge in [-0.15, -0.1) is 0 Å². The average molecular weight is 344 g/mol. The van der Waals surface area contributed by atoms with Crippen molar-refractivity contribution in [2.45, 2.75) is 32.8 Å². The maximum absolute atomic E-state index is 13.2. The lowest BCUT2D eigenvalue weighted by Crippen LogP contribution is -2.14. The van der Waals surface area contributed by atoms with E-state index < -0.39 is 17.8 Å². The van der Waals surface area contributed by atoms with E-state index in [2.05, 4.69) is 6.92 Å². The van der Waals surface area contributed by atoms with Crippen molar-refractivity contribution in [3.8, 4) is 0 Å². The number of hydrogen-bond donors (Lipinski definition) is 0. The lowest BCUT2D eigenvalue weighted by molar-refractivity contribution is 0.0436. The van der Waals surface area contributed by atoms with Crippen LogP contribution in [0.1, 0.15) is 52.5 Å². The van der Waals surface area contributed by atoms with Crippen LogP contribution in [0.3, 0.4) is 0 Å². The smallest absolute Gasteiger partial charge is 0.339 e. The molecule has 0 spiro atoms. The van der Waals surface area contributed by atoms with Crippen molar-refractivity contribution in [3.05, 3.63) is 71.0 Å². The van der Waals surface area contributed by atoms with Gasteiger partial charge in [-0.3, -0.25) is 0 Å². The van der Waals surface area contributed by atoms with Crippen LogP contribution in [-0.2, 0) is 16.1 Å². The molecule has 0 unspecified atom stereocenters. The quantitative estimate of drug-likeness (QED) is 0.521. The largest absolute Gasteiger partial charge is 0.462 e. The zero-order chi connectivity index (χ0) is 18.1. The molecule has 0 saturated carbocycles. The number of esters is 2. The molecule has 0 bridgehead atoms. The van der Waals surface area contributed by atoms with Crippen molar-refractivity contribution >= 4 is 11.9 Å². The van der Waals surface area contributed by atoms with E-state index in [-0.39, 0.29) is 17.7 Å². The molecule has 4 nitrogen and oxygen atoms in total. The molecular weight excluding hydrogens is 323 g/mol. The van der Waals surface area contributed by atoms with Crippen LogP contribution in [0.2, 0.25) is 0 Å². The third kappa shape index (κ3) is 5.71. The number of rotatable bonds is 8. The minimum absolute atomic E-state index is 0.0729. The first kappa shape index (κ1) is 18.6. The summed E-state index contributed by atoms with van der Waals surface area (Å²) >= 11 is 0. The van der Waals surface area contributed by atoms with Crippen LogP contribution in [0, 0.1) is 5.82 Å². The Labute approximate surface area is 146 Å². The second kappa shape index (κ2) is 9.57. The van der Waals surface area contributed by atoms with E-state index in [0.29, 0.717) is 12.2 Å². The second-order valence-electron chi connectivity index (χ2n) is 5.59. The molecule has 0 radical (unpaired) electrons. The van der Waals surface area contributed by atoms with E-state index in [1.807, 2.05) is 0 Å². The van der Waals surface area contributed by atoms with Crippen molar-refractivity contribution < 1.29 is 23.5 Å². The molecule has 2 aromatic carbocycles. The second-order valence-corrected chi connectivity index (χ2v) is 5.59. The van der Waals surface area contributed by atoms with Gasteiger partial charge in [0.05, 0.1) is 17.7 Å². The molecule has 0 aromatic heterocycles. The van der Waals surface area contributed by atoms with Crippen LogP contribution < -0.4 is 0 Å². The van der Waals surface area contributed by atoms with E-state index in [9.17, 15) is 14.0 Å². The highest BCUT2D eigenvalue weighted by Crippen LogP contribution is 2.14. The molecule has 25 heavy (non-hydrogen) atoms. The third-order valence-electron chi connectivity index (χ3n) is 3.61. The molecule has 5 heteroatoms. The molecule has 2 aromatic rings. The van der Waals surface area contributed by atoms with Gasteiger partial charge in [0.25, 0.3) is 0 Å². The van der Waals surface area contributed by atoms with Crippen molar-refractivity contribution in [3.63, 3.8) is 0 Å². The molecule has 0 saturated heterocycles. The van der Waals surface area contributed by atoms with Gasteiger partial charge in [-0.1, -0.05) is 44.0 Å². The minimum Gasteiger partial charge on any atom is -0.462 e. The van der Waals surface area contributed by atoms with Gasteiger partial charge in [-0.05, 0) is 36.2 Å². The van der Waals surface area contributed by atoms with Crippen LogP contribution in [0.4, 0.5) is 4.39 Å². The summed E-state index contributed by atoms with van der Waals surface area (Å²) < 4.78 is 23.5. The monoisotopic (exact) mass is 344 g/mol. The predicted octanol–water partition coefficient (Wildman–Crippen LogP) is 4.53. The first-order valence-electron chi connectivity index (χ1n) is 8.29. The van der Waals surface area contributed by atoms with Crippen LogP contribution in [0.5, 0.6) is 0 Å². The standard InChI is InChI=1S/C20H21FO4/c1-2-3-6-12-24-19(22)17-10-4-5-11-18(17)20(23)25-14-15-8-7-9-16(21)13-15/h4-5,7-11,13H,2-3,6,12,14H2,1H3. The summed E-state index contributed by atoms with van der Waals surface area (Å²) in [6.45, 7) is 2.31. The van der Waals surface area contributed by atoms with Gasteiger partial charge in [0.15, 0.2) is 0 Å². The minimum atomic E-state index is -0.648. The summed E-state index contributed by atoms with van der Waals surface area (Å²) in [6.07, 6.45) is 2.79. The lowest BCUT2D eigenvalue weighted by Gasteiger charge is -2.10. The van der Waals surface area contributed by atoms with Crippen LogP contribution in [0.15, 0.2) is 48.5 Å². The summed E-state index contributed by atoms with van der Waals surface area (Å²) in [5, 5.41) is 0. The number of carbonyl (C=O) groups excluding carboxylic acids is 2. The number of unbranched alkanes of at least 4 members (excludes halogenated alkanes) is 2. The van der Waals surface area contributed by atoms with Crippen molar-refractivity contribution in [1.29, 1.82) is 0 Å². The Morgan fingerprint density at radius 2 is 1.60 bits per heavy atom. The Morgan fingerprint density at radius 3 is 2.24 bits per heavy atom. The van der Waals surface area contributed by atoms with Crippen molar-refractivity contribution in [1.82, 2.24) is 0 Å². The van der Waals surface area contributed by atoms with E-state index >= 15 is 0 Å². The number of halogens is 1. The van der Waals surface area contributed by atoms with Crippen LogP contribution in [-0.4, -0.2) is 18.5 Å². The molecule has 0 amide bonds. The van der Waals surface area contributed by atoms with Gasteiger partial charge in [-0.25, -0.2) is 14.0 Å². The molecule has 132 valence electrons. The summed E-state index contributed by atoms with van der Waals surface area (Å²) in [5.74, 6) is -1.59. The van der Waals surface area contributed by atoms with Gasteiger partial charge in [-0.2, -0.15) is 0 Å². The molecule has 0 aliphatic carbocycles. The maximum Gasteiger partial charge on any atom is 0.339 e. The van der Waals surface area contributed by atoms with Gasteiger partial charge in [0, 0.05) is 0 Å². The van der Waals surface area contributed by atoms with Gasteiger partial charge in [0.1, 0.15) is 12.4 Å². The van der Waals surface area contributed by atoms with Gasteiger partial charge >= 0.3 is 11.9 Å². The molecule has 0 fully saturated rings. The Kier molecular flexibility index (Phi) is 7.14. The molecule has 0 N–H and O–H groups in total. The Morgan fingerprint density at radius 1 is 0.920 bits per heavy atom. The van der Waals surface area contributed by atoms with Gasteiger partial charge in [0.2, 0.25) is 0 Å². The maximum atomic E-state index is 13.2. The summed E-state index contributed by atoms with van der Waals surface area (Å²) in [4.78, 5) is 24.5. The SMILES string of the molecule is CCCCCOC(=O)c1ccccc1C(=O)OCc1cccc(F)c1. The Hall–Kier alpha value is -2.69. The Balaban J connectivity index is 2.00. The predicted molar refractivity (Wildman–Crippen MR) is 91.8 cm³/mol. The fourth-order valence-electron chi connectivity index (χ4n) is 2.29. The Bertz CT molecular complexity index is 727. The fraction of sp³-hybridized carbons (Fsp3) is 0.300. The lowest BCUT2D eigenvalue weighted by atomic mass is 10.1. The van der Waals surface area contributed by atoms with Crippen LogP contribution >= 0.6 is 0 Å². The van der Waals surface area contributed by atoms with E-state index in [1.54, 1.807) is 24.3 Å². The topological polar surface area (TPSA) is 52.6 Å². The highest BCUT2D eigenvalue weighted by molar-refractivity contribution is 6.03. The number of benzene rings is 2. The summed E-state index contributed by atoms with van der Waals surface area (Å²) in [7, 11) is 0. The zero-order valence-electron chi connectivity index (χ0n) is 14.2.